The Bertz CT molecular complexity index is 1230. The standard InChI is InChI=1S/C33H44O6/c1-6-10-16-24(8-3)21-36-32(34)38-30-26-18-12-13-19-27(26)31(29-23(5)15-14-20-28(29)30)39-33(35)37-22-25(9-4)17-11-7-2/h12-15,18-20,24-25H,6-11,16-17,21-22H2,1-5H3. The number of hydrogen-bond acceptors (Lipinski definition) is 6. The first kappa shape index (κ1) is 30.3. The highest BCUT2D eigenvalue weighted by Crippen LogP contribution is 2.44. The summed E-state index contributed by atoms with van der Waals surface area (Å²) in [6.45, 7) is 11.1. The summed E-state index contributed by atoms with van der Waals surface area (Å²) in [4.78, 5) is 25.7. The molecule has 3 rings (SSSR count). The summed E-state index contributed by atoms with van der Waals surface area (Å²) in [7, 11) is 0. The quantitative estimate of drug-likeness (QED) is 0.116. The van der Waals surface area contributed by atoms with Crippen molar-refractivity contribution < 1.29 is 28.5 Å². The van der Waals surface area contributed by atoms with Gasteiger partial charge in [-0.2, -0.15) is 0 Å². The monoisotopic (exact) mass is 536 g/mol. The van der Waals surface area contributed by atoms with E-state index in [-0.39, 0.29) is 0 Å². The molecule has 3 aromatic rings. The number of fused-ring (bicyclic) bond motifs is 2. The van der Waals surface area contributed by atoms with Crippen LogP contribution in [0.3, 0.4) is 0 Å². The number of aryl methyl sites for hydroxylation is 1. The van der Waals surface area contributed by atoms with Crippen LogP contribution in [0.2, 0.25) is 0 Å². The molecule has 0 aromatic heterocycles. The molecule has 3 aromatic carbocycles. The van der Waals surface area contributed by atoms with Gasteiger partial charge in [-0.3, -0.25) is 0 Å². The molecule has 2 unspecified atom stereocenters. The van der Waals surface area contributed by atoms with Crippen molar-refractivity contribution in [1.29, 1.82) is 0 Å². The van der Waals surface area contributed by atoms with Crippen molar-refractivity contribution in [1.82, 2.24) is 0 Å². The maximum atomic E-state index is 12.9. The highest BCUT2D eigenvalue weighted by atomic mass is 16.7. The van der Waals surface area contributed by atoms with Gasteiger partial charge < -0.3 is 18.9 Å². The first-order valence-electron chi connectivity index (χ1n) is 14.6. The minimum Gasteiger partial charge on any atom is -0.434 e. The molecule has 0 aliphatic rings. The molecule has 0 saturated carbocycles. The topological polar surface area (TPSA) is 71.1 Å². The van der Waals surface area contributed by atoms with Gasteiger partial charge >= 0.3 is 12.3 Å². The van der Waals surface area contributed by atoms with Crippen molar-refractivity contribution in [2.24, 2.45) is 11.8 Å². The summed E-state index contributed by atoms with van der Waals surface area (Å²) in [6, 6.07) is 13.1. The van der Waals surface area contributed by atoms with Gasteiger partial charge in [0.25, 0.3) is 0 Å². The number of rotatable bonds is 14. The van der Waals surface area contributed by atoms with E-state index in [0.29, 0.717) is 58.1 Å². The van der Waals surface area contributed by atoms with Gasteiger partial charge in [0.1, 0.15) is 5.75 Å². The molecule has 0 spiro atoms. The molecule has 0 bridgehead atoms. The van der Waals surface area contributed by atoms with Crippen molar-refractivity contribution in [2.45, 2.75) is 86.0 Å². The first-order chi connectivity index (χ1) is 18.9. The first-order valence-corrected chi connectivity index (χ1v) is 14.6. The maximum Gasteiger partial charge on any atom is 0.513 e. The maximum absolute atomic E-state index is 12.9. The van der Waals surface area contributed by atoms with Crippen molar-refractivity contribution in [3.8, 4) is 11.5 Å². The van der Waals surface area contributed by atoms with Crippen LogP contribution in [-0.4, -0.2) is 25.5 Å². The molecule has 212 valence electrons. The molecule has 0 saturated heterocycles. The van der Waals surface area contributed by atoms with Crippen LogP contribution < -0.4 is 9.47 Å². The lowest BCUT2D eigenvalue weighted by Gasteiger charge is -2.19. The van der Waals surface area contributed by atoms with Gasteiger partial charge in [-0.1, -0.05) is 109 Å². The molecule has 0 amide bonds. The molecule has 0 aliphatic heterocycles. The van der Waals surface area contributed by atoms with E-state index in [4.69, 9.17) is 18.9 Å². The summed E-state index contributed by atoms with van der Waals surface area (Å²) in [5, 5.41) is 2.68. The fraction of sp³-hybridized carbons (Fsp3) is 0.515. The Labute approximate surface area is 233 Å². The second-order valence-corrected chi connectivity index (χ2v) is 10.4. The molecule has 0 heterocycles. The average molecular weight is 537 g/mol. The van der Waals surface area contributed by atoms with Crippen molar-refractivity contribution in [2.75, 3.05) is 13.2 Å². The van der Waals surface area contributed by atoms with Crippen LogP contribution in [0.5, 0.6) is 11.5 Å². The van der Waals surface area contributed by atoms with Gasteiger partial charge in [0.2, 0.25) is 0 Å². The number of carbonyl (C=O) groups is 2. The molecule has 2 atom stereocenters. The van der Waals surface area contributed by atoms with E-state index >= 15 is 0 Å². The fourth-order valence-electron chi connectivity index (χ4n) is 4.93. The van der Waals surface area contributed by atoms with Crippen LogP contribution in [0, 0.1) is 18.8 Å². The van der Waals surface area contributed by atoms with Crippen LogP contribution in [0.4, 0.5) is 9.59 Å². The van der Waals surface area contributed by atoms with E-state index < -0.39 is 12.3 Å². The molecule has 0 radical (unpaired) electrons. The Morgan fingerprint density at radius 3 is 1.67 bits per heavy atom. The Kier molecular flexibility index (Phi) is 11.9. The summed E-state index contributed by atoms with van der Waals surface area (Å²) >= 11 is 0. The molecular weight excluding hydrogens is 492 g/mol. The normalized spacial score (nSPS) is 12.7. The highest BCUT2D eigenvalue weighted by molar-refractivity contribution is 6.13. The van der Waals surface area contributed by atoms with Crippen molar-refractivity contribution >= 4 is 33.9 Å². The smallest absolute Gasteiger partial charge is 0.434 e. The Morgan fingerprint density at radius 1 is 0.667 bits per heavy atom. The predicted molar refractivity (Wildman–Crippen MR) is 157 cm³/mol. The SMILES string of the molecule is CCCCC(CC)COC(=O)Oc1c2ccccc2c(OC(=O)OCC(CC)CCCC)c2c(C)cccc12. The Hall–Kier alpha value is -3.28. The summed E-state index contributed by atoms with van der Waals surface area (Å²) < 4.78 is 22.8. The van der Waals surface area contributed by atoms with Crippen molar-refractivity contribution in [3.05, 3.63) is 48.0 Å². The molecule has 6 heteroatoms. The van der Waals surface area contributed by atoms with Gasteiger partial charge in [0.15, 0.2) is 5.75 Å². The number of hydrogen-bond donors (Lipinski definition) is 0. The minimum absolute atomic E-state index is 0.309. The third kappa shape index (κ3) is 8.11. The molecular formula is C33H44O6. The van der Waals surface area contributed by atoms with E-state index in [0.717, 1.165) is 56.9 Å². The summed E-state index contributed by atoms with van der Waals surface area (Å²) in [6.07, 6.45) is 6.89. The van der Waals surface area contributed by atoms with E-state index in [1.807, 2.05) is 49.4 Å². The zero-order valence-electron chi connectivity index (χ0n) is 24.2. The average Bonchev–Trinajstić information content (AvgIpc) is 2.95. The van der Waals surface area contributed by atoms with Gasteiger partial charge in [-0.25, -0.2) is 9.59 Å². The third-order valence-electron chi connectivity index (χ3n) is 7.49. The number of ether oxygens (including phenoxy) is 4. The number of carbonyl (C=O) groups excluding carboxylic acids is 2. The van der Waals surface area contributed by atoms with Crippen molar-refractivity contribution in [3.63, 3.8) is 0 Å². The molecule has 0 aliphatic carbocycles. The highest BCUT2D eigenvalue weighted by Gasteiger charge is 2.23. The van der Waals surface area contributed by atoms with Gasteiger partial charge in [-0.05, 0) is 37.2 Å². The summed E-state index contributed by atoms with van der Waals surface area (Å²) in [5.74, 6) is 1.41. The Balaban J connectivity index is 1.90. The van der Waals surface area contributed by atoms with E-state index in [2.05, 4.69) is 27.7 Å². The number of unbranched alkanes of at least 4 members (excludes halogenated alkanes) is 2. The van der Waals surface area contributed by atoms with Crippen LogP contribution >= 0.6 is 0 Å². The van der Waals surface area contributed by atoms with Crippen LogP contribution in [-0.2, 0) is 9.47 Å². The fourth-order valence-corrected chi connectivity index (χ4v) is 4.93. The van der Waals surface area contributed by atoms with E-state index in [9.17, 15) is 9.59 Å². The lowest BCUT2D eigenvalue weighted by Crippen LogP contribution is -2.18. The third-order valence-corrected chi connectivity index (χ3v) is 7.49. The van der Waals surface area contributed by atoms with Crippen LogP contribution in [0.25, 0.3) is 21.5 Å². The predicted octanol–water partition coefficient (Wildman–Crippen LogP) is 9.77. The van der Waals surface area contributed by atoms with E-state index in [1.54, 1.807) is 0 Å². The van der Waals surface area contributed by atoms with Crippen LogP contribution in [0.15, 0.2) is 42.5 Å². The van der Waals surface area contributed by atoms with Gasteiger partial charge in [-0.15, -0.1) is 0 Å². The minimum atomic E-state index is -0.733. The second kappa shape index (κ2) is 15.3. The lowest BCUT2D eigenvalue weighted by atomic mass is 9.97. The molecule has 0 N–H and O–H groups in total. The molecule has 0 fully saturated rings. The van der Waals surface area contributed by atoms with E-state index in [1.165, 1.54) is 0 Å². The lowest BCUT2D eigenvalue weighted by molar-refractivity contribution is 0.0805. The molecule has 6 nitrogen and oxygen atoms in total. The summed E-state index contributed by atoms with van der Waals surface area (Å²) in [5.41, 5.74) is 0.888. The van der Waals surface area contributed by atoms with Crippen LogP contribution in [0.1, 0.15) is 84.6 Å². The largest absolute Gasteiger partial charge is 0.513 e. The zero-order valence-corrected chi connectivity index (χ0v) is 24.2. The molecule has 39 heavy (non-hydrogen) atoms. The van der Waals surface area contributed by atoms with Gasteiger partial charge in [0.05, 0.1) is 13.2 Å². The zero-order chi connectivity index (χ0) is 28.2. The second-order valence-electron chi connectivity index (χ2n) is 10.4. The number of benzene rings is 3. The van der Waals surface area contributed by atoms with Gasteiger partial charge in [0, 0.05) is 21.5 Å². The Morgan fingerprint density at radius 2 is 1.15 bits per heavy atom.